The highest BCUT2D eigenvalue weighted by Gasteiger charge is 2.20. The molecule has 1 aromatic carbocycles. The van der Waals surface area contributed by atoms with Crippen molar-refractivity contribution in [3.63, 3.8) is 0 Å². The van der Waals surface area contributed by atoms with Gasteiger partial charge in [-0.05, 0) is 31.7 Å². The Morgan fingerprint density at radius 2 is 2.04 bits per heavy atom. The Morgan fingerprint density at radius 3 is 2.83 bits per heavy atom. The molecule has 1 saturated carbocycles. The van der Waals surface area contributed by atoms with Gasteiger partial charge in [-0.2, -0.15) is 0 Å². The van der Waals surface area contributed by atoms with Gasteiger partial charge in [0.15, 0.2) is 0 Å². The quantitative estimate of drug-likeness (QED) is 0.797. The van der Waals surface area contributed by atoms with Crippen molar-refractivity contribution in [1.82, 2.24) is 9.97 Å². The topological polar surface area (TPSA) is 76.5 Å². The summed E-state index contributed by atoms with van der Waals surface area (Å²) in [6.45, 7) is 1.03. The van der Waals surface area contributed by atoms with Crippen molar-refractivity contribution >= 4 is 16.9 Å². The van der Waals surface area contributed by atoms with Crippen LogP contribution in [-0.2, 0) is 4.74 Å². The number of benzene rings is 1. The molecule has 1 aromatic heterocycles. The van der Waals surface area contributed by atoms with E-state index in [1.54, 1.807) is 7.11 Å². The van der Waals surface area contributed by atoms with Gasteiger partial charge >= 0.3 is 0 Å². The number of hydrogen-bond donors (Lipinski definition) is 2. The molecule has 0 radical (unpaired) electrons. The van der Waals surface area contributed by atoms with Gasteiger partial charge in [-0.15, -0.1) is 0 Å². The smallest absolute Gasteiger partial charge is 0.223 e. The van der Waals surface area contributed by atoms with Crippen LogP contribution in [0.4, 0.5) is 5.95 Å². The Balaban J connectivity index is 1.75. The Kier molecular flexibility index (Phi) is 5.25. The highest BCUT2D eigenvalue weighted by Crippen LogP contribution is 2.25. The first kappa shape index (κ1) is 16.0. The fraction of sp³-hybridized carbons (Fsp3) is 0.529. The van der Waals surface area contributed by atoms with Crippen LogP contribution in [0.1, 0.15) is 25.7 Å². The van der Waals surface area contributed by atoms with Crippen LogP contribution in [0.2, 0.25) is 0 Å². The van der Waals surface area contributed by atoms with E-state index in [-0.39, 0.29) is 6.10 Å². The zero-order valence-electron chi connectivity index (χ0n) is 13.4. The predicted molar refractivity (Wildman–Crippen MR) is 88.8 cm³/mol. The van der Waals surface area contributed by atoms with E-state index in [2.05, 4.69) is 15.3 Å². The molecule has 124 valence electrons. The van der Waals surface area contributed by atoms with Gasteiger partial charge in [0.05, 0.1) is 12.7 Å². The maximum absolute atomic E-state index is 9.59. The zero-order chi connectivity index (χ0) is 16.1. The van der Waals surface area contributed by atoms with E-state index in [1.807, 2.05) is 24.4 Å². The number of anilines is 1. The minimum Gasteiger partial charge on any atom is -0.489 e. The van der Waals surface area contributed by atoms with Gasteiger partial charge in [0.2, 0.25) is 5.95 Å². The number of para-hydroxylation sites is 1. The molecule has 0 saturated heterocycles. The predicted octanol–water partition coefficient (Wildman–Crippen LogP) is 2.37. The third-order valence-corrected chi connectivity index (χ3v) is 4.15. The molecule has 2 aromatic rings. The van der Waals surface area contributed by atoms with Crippen LogP contribution in [0.5, 0.6) is 5.75 Å². The molecule has 2 N–H and O–H groups in total. The van der Waals surface area contributed by atoms with E-state index < -0.39 is 0 Å². The lowest BCUT2D eigenvalue weighted by Crippen LogP contribution is -2.28. The van der Waals surface area contributed by atoms with Crippen LogP contribution < -0.4 is 10.1 Å². The Bertz CT molecular complexity index is 642. The van der Waals surface area contributed by atoms with Crippen molar-refractivity contribution in [3.05, 3.63) is 24.4 Å². The second-order valence-electron chi connectivity index (χ2n) is 5.88. The van der Waals surface area contributed by atoms with Crippen molar-refractivity contribution < 1.29 is 14.6 Å². The molecule has 6 nitrogen and oxygen atoms in total. The van der Waals surface area contributed by atoms with Gasteiger partial charge in [0.25, 0.3) is 0 Å². The first-order valence-corrected chi connectivity index (χ1v) is 8.08. The molecule has 0 unspecified atom stereocenters. The van der Waals surface area contributed by atoms with Gasteiger partial charge in [-0.25, -0.2) is 9.97 Å². The number of rotatable bonds is 6. The molecule has 0 atom stereocenters. The van der Waals surface area contributed by atoms with Crippen molar-refractivity contribution in [2.75, 3.05) is 25.6 Å². The van der Waals surface area contributed by atoms with Crippen LogP contribution in [0, 0.1) is 0 Å². The molecule has 23 heavy (non-hydrogen) atoms. The lowest BCUT2D eigenvalue weighted by Gasteiger charge is -2.26. The molecular formula is C17H23N3O3. The average Bonchev–Trinajstić information content (AvgIpc) is 2.57. The summed E-state index contributed by atoms with van der Waals surface area (Å²) in [4.78, 5) is 9.01. The summed E-state index contributed by atoms with van der Waals surface area (Å²) in [5.41, 5.74) is 0.803. The molecule has 1 heterocycles. The molecule has 6 heteroatoms. The molecule has 1 aliphatic carbocycles. The Labute approximate surface area is 135 Å². The summed E-state index contributed by atoms with van der Waals surface area (Å²) >= 11 is 0. The third-order valence-electron chi connectivity index (χ3n) is 4.15. The molecule has 3 rings (SSSR count). The number of fused-ring (bicyclic) bond motifs is 1. The number of aliphatic hydroxyl groups is 1. The summed E-state index contributed by atoms with van der Waals surface area (Å²) < 4.78 is 10.8. The largest absolute Gasteiger partial charge is 0.489 e. The minimum absolute atomic E-state index is 0.161. The van der Waals surface area contributed by atoms with Gasteiger partial charge < -0.3 is 19.9 Å². The average molecular weight is 317 g/mol. The number of methoxy groups -OCH3 is 1. The van der Waals surface area contributed by atoms with Crippen molar-refractivity contribution in [2.24, 2.45) is 0 Å². The zero-order valence-corrected chi connectivity index (χ0v) is 13.4. The van der Waals surface area contributed by atoms with E-state index in [4.69, 9.17) is 9.47 Å². The first-order valence-electron chi connectivity index (χ1n) is 8.08. The number of hydrogen-bond acceptors (Lipinski definition) is 6. The summed E-state index contributed by atoms with van der Waals surface area (Å²) in [5, 5.41) is 13.9. The summed E-state index contributed by atoms with van der Waals surface area (Å²) in [5.74, 6) is 1.35. The van der Waals surface area contributed by atoms with E-state index >= 15 is 0 Å². The SMILES string of the molecule is COCCOc1cccc2cnc(N[C@H]3CC[C@H](O)CC3)nc12. The number of nitrogens with one attached hydrogen (secondary N) is 1. The summed E-state index contributed by atoms with van der Waals surface area (Å²) in [7, 11) is 1.65. The molecule has 0 aliphatic heterocycles. The highest BCUT2D eigenvalue weighted by molar-refractivity contribution is 5.84. The van der Waals surface area contributed by atoms with Crippen molar-refractivity contribution in [2.45, 2.75) is 37.8 Å². The maximum atomic E-state index is 9.59. The fourth-order valence-electron chi connectivity index (χ4n) is 2.85. The van der Waals surface area contributed by atoms with E-state index in [0.29, 0.717) is 25.2 Å². The van der Waals surface area contributed by atoms with E-state index in [1.165, 1.54) is 0 Å². The standard InChI is InChI=1S/C17H23N3O3/c1-22-9-10-23-15-4-2-3-12-11-18-17(20-16(12)15)19-13-5-7-14(21)8-6-13/h2-4,11,13-14,21H,5-10H2,1H3,(H,18,19,20)/t13-,14-. The number of nitrogens with zero attached hydrogens (tertiary/aromatic N) is 2. The van der Waals surface area contributed by atoms with E-state index in [0.717, 1.165) is 42.3 Å². The summed E-state index contributed by atoms with van der Waals surface area (Å²) in [6, 6.07) is 6.13. The highest BCUT2D eigenvalue weighted by atomic mass is 16.5. The number of aliphatic hydroxyl groups excluding tert-OH is 1. The van der Waals surface area contributed by atoms with Crippen LogP contribution in [-0.4, -0.2) is 47.5 Å². The van der Waals surface area contributed by atoms with Crippen molar-refractivity contribution in [3.8, 4) is 5.75 Å². The lowest BCUT2D eigenvalue weighted by molar-refractivity contribution is 0.126. The van der Waals surface area contributed by atoms with Crippen LogP contribution in [0.15, 0.2) is 24.4 Å². The molecule has 1 aliphatic rings. The molecule has 0 amide bonds. The van der Waals surface area contributed by atoms with Gasteiger partial charge in [0, 0.05) is 24.7 Å². The molecule has 1 fully saturated rings. The van der Waals surface area contributed by atoms with E-state index in [9.17, 15) is 5.11 Å². The minimum atomic E-state index is -0.161. The molecule has 0 bridgehead atoms. The second-order valence-corrected chi connectivity index (χ2v) is 5.88. The Morgan fingerprint density at radius 1 is 1.22 bits per heavy atom. The normalized spacial score (nSPS) is 21.3. The third kappa shape index (κ3) is 4.09. The second kappa shape index (κ2) is 7.57. The van der Waals surface area contributed by atoms with Crippen LogP contribution >= 0.6 is 0 Å². The fourth-order valence-corrected chi connectivity index (χ4v) is 2.85. The monoisotopic (exact) mass is 317 g/mol. The molecular weight excluding hydrogens is 294 g/mol. The van der Waals surface area contributed by atoms with Gasteiger partial charge in [0.1, 0.15) is 17.9 Å². The van der Waals surface area contributed by atoms with Crippen molar-refractivity contribution in [1.29, 1.82) is 0 Å². The van der Waals surface area contributed by atoms with Crippen LogP contribution in [0.3, 0.4) is 0 Å². The summed E-state index contributed by atoms with van der Waals surface area (Å²) in [6.07, 6.45) is 5.19. The first-order chi connectivity index (χ1) is 11.3. The van der Waals surface area contributed by atoms with Gasteiger partial charge in [-0.1, -0.05) is 12.1 Å². The number of ether oxygens (including phenoxy) is 2. The lowest BCUT2D eigenvalue weighted by atomic mass is 9.93. The van der Waals surface area contributed by atoms with Crippen LogP contribution in [0.25, 0.3) is 10.9 Å². The molecule has 0 spiro atoms. The Hall–Kier alpha value is -1.92. The number of aromatic nitrogens is 2. The maximum Gasteiger partial charge on any atom is 0.223 e. The van der Waals surface area contributed by atoms with Gasteiger partial charge in [-0.3, -0.25) is 0 Å².